The molecule has 3 heterocycles. The van der Waals surface area contributed by atoms with Crippen LogP contribution in [0.15, 0.2) is 77.9 Å². The number of hydrogen-bond donors (Lipinski definition) is 0. The third-order valence-electron chi connectivity index (χ3n) is 5.87. The van der Waals surface area contributed by atoms with Gasteiger partial charge < -0.3 is 9.30 Å². The van der Waals surface area contributed by atoms with Crippen molar-refractivity contribution in [3.8, 4) is 16.9 Å². The predicted octanol–water partition coefficient (Wildman–Crippen LogP) is 4.52. The van der Waals surface area contributed by atoms with Gasteiger partial charge in [-0.1, -0.05) is 55.5 Å². The van der Waals surface area contributed by atoms with Crippen LogP contribution in [0.25, 0.3) is 27.7 Å². The van der Waals surface area contributed by atoms with Crippen molar-refractivity contribution in [3.63, 3.8) is 0 Å². The van der Waals surface area contributed by atoms with Crippen molar-refractivity contribution in [2.24, 2.45) is 0 Å². The second-order valence-electron chi connectivity index (χ2n) is 7.71. The van der Waals surface area contributed by atoms with Crippen molar-refractivity contribution in [3.05, 3.63) is 94.7 Å². The molecule has 32 heavy (non-hydrogen) atoms. The van der Waals surface area contributed by atoms with E-state index >= 15 is 0 Å². The Hall–Kier alpha value is -3.93. The molecular formula is C26H24N4O2. The molecule has 0 amide bonds. The Kier molecular flexibility index (Phi) is 5.19. The molecule has 0 unspecified atom stereocenters. The number of rotatable bonds is 6. The van der Waals surface area contributed by atoms with Gasteiger partial charge in [-0.2, -0.15) is 5.10 Å². The molecule has 0 spiro atoms. The van der Waals surface area contributed by atoms with Gasteiger partial charge in [0, 0.05) is 24.5 Å². The van der Waals surface area contributed by atoms with Crippen molar-refractivity contribution in [1.29, 1.82) is 0 Å². The van der Waals surface area contributed by atoms with Crippen LogP contribution in [0.5, 0.6) is 5.75 Å². The lowest BCUT2D eigenvalue weighted by molar-refractivity contribution is 0.408. The summed E-state index contributed by atoms with van der Waals surface area (Å²) in [5.41, 5.74) is 5.62. The largest absolute Gasteiger partial charge is 0.496 e. The number of pyridine rings is 1. The molecule has 6 heteroatoms. The molecule has 0 N–H and O–H groups in total. The smallest absolute Gasteiger partial charge is 0.261 e. The summed E-state index contributed by atoms with van der Waals surface area (Å²) in [4.78, 5) is 17.9. The van der Waals surface area contributed by atoms with E-state index in [9.17, 15) is 4.79 Å². The third-order valence-corrected chi connectivity index (χ3v) is 5.87. The number of hydrogen-bond acceptors (Lipinski definition) is 4. The minimum absolute atomic E-state index is 0.0680. The van der Waals surface area contributed by atoms with Crippen LogP contribution in [0.4, 0.5) is 0 Å². The fourth-order valence-electron chi connectivity index (χ4n) is 4.23. The quantitative estimate of drug-likeness (QED) is 0.402. The zero-order valence-corrected chi connectivity index (χ0v) is 18.2. The van der Waals surface area contributed by atoms with E-state index in [0.717, 1.165) is 45.7 Å². The van der Waals surface area contributed by atoms with Gasteiger partial charge in [0.25, 0.3) is 5.56 Å². The first kappa shape index (κ1) is 20.0. The lowest BCUT2D eigenvalue weighted by atomic mass is 10.0. The third kappa shape index (κ3) is 3.34. The van der Waals surface area contributed by atoms with Crippen molar-refractivity contribution in [2.75, 3.05) is 7.11 Å². The molecule has 6 nitrogen and oxygen atoms in total. The van der Waals surface area contributed by atoms with Crippen LogP contribution in [-0.4, -0.2) is 26.3 Å². The fourth-order valence-corrected chi connectivity index (χ4v) is 4.23. The number of benzene rings is 2. The molecule has 160 valence electrons. The molecule has 0 fully saturated rings. The highest BCUT2D eigenvalue weighted by molar-refractivity contribution is 5.86. The molecule has 0 aliphatic rings. The first-order chi connectivity index (χ1) is 15.7. The number of aryl methyl sites for hydroxylation is 3. The summed E-state index contributed by atoms with van der Waals surface area (Å²) < 4.78 is 8.97. The van der Waals surface area contributed by atoms with Gasteiger partial charge in [0.05, 0.1) is 23.7 Å². The van der Waals surface area contributed by atoms with Crippen molar-refractivity contribution in [1.82, 2.24) is 19.2 Å². The molecular weight excluding hydrogens is 400 g/mol. The zero-order valence-electron chi connectivity index (χ0n) is 18.2. The Morgan fingerprint density at radius 1 is 1.00 bits per heavy atom. The normalized spacial score (nSPS) is 11.3. The molecule has 0 atom stereocenters. The van der Waals surface area contributed by atoms with E-state index in [1.54, 1.807) is 17.9 Å². The van der Waals surface area contributed by atoms with Crippen LogP contribution >= 0.6 is 0 Å². The number of nitrogens with zero attached hydrogens (tertiary/aromatic N) is 4. The van der Waals surface area contributed by atoms with E-state index in [0.29, 0.717) is 18.4 Å². The predicted molar refractivity (Wildman–Crippen MR) is 126 cm³/mol. The average molecular weight is 425 g/mol. The average Bonchev–Trinajstić information content (AvgIpc) is 3.23. The van der Waals surface area contributed by atoms with Gasteiger partial charge in [-0.3, -0.25) is 4.79 Å². The molecule has 0 aliphatic carbocycles. The fraction of sp³-hybridized carbons (Fsp3) is 0.192. The zero-order chi connectivity index (χ0) is 22.1. The van der Waals surface area contributed by atoms with Gasteiger partial charge in [-0.05, 0) is 36.1 Å². The molecule has 2 aromatic carbocycles. The van der Waals surface area contributed by atoms with Gasteiger partial charge >= 0.3 is 0 Å². The van der Waals surface area contributed by atoms with Gasteiger partial charge in [0.15, 0.2) is 5.65 Å². The standard InChI is InChI=1S/C26H24N4O2/c1-3-21-24(19-10-5-4-6-11-19)25-27-17-20-22(30(25)28-21)14-16-29(26(20)31)15-13-18-9-7-8-12-23(18)32-2/h4-12,14,16-17H,3,13,15H2,1-2H3. The number of methoxy groups -OCH3 is 1. The Morgan fingerprint density at radius 3 is 2.56 bits per heavy atom. The molecule has 0 saturated carbocycles. The summed E-state index contributed by atoms with van der Waals surface area (Å²) in [6.07, 6.45) is 5.01. The highest BCUT2D eigenvalue weighted by Crippen LogP contribution is 2.29. The first-order valence-electron chi connectivity index (χ1n) is 10.8. The number of aromatic nitrogens is 4. The summed E-state index contributed by atoms with van der Waals surface area (Å²) >= 11 is 0. The van der Waals surface area contributed by atoms with Crippen LogP contribution < -0.4 is 10.3 Å². The minimum Gasteiger partial charge on any atom is -0.496 e. The van der Waals surface area contributed by atoms with Gasteiger partial charge in [0.1, 0.15) is 5.75 Å². The van der Waals surface area contributed by atoms with Crippen LogP contribution in [0, 0.1) is 0 Å². The van der Waals surface area contributed by atoms with E-state index in [2.05, 4.69) is 24.0 Å². The Labute approximate surface area is 185 Å². The number of ether oxygens (including phenoxy) is 1. The summed E-state index contributed by atoms with van der Waals surface area (Å²) in [5, 5.41) is 5.37. The summed E-state index contributed by atoms with van der Waals surface area (Å²) in [6, 6.07) is 20.0. The van der Waals surface area contributed by atoms with Gasteiger partial charge in [0.2, 0.25) is 0 Å². The highest BCUT2D eigenvalue weighted by Gasteiger charge is 2.17. The maximum Gasteiger partial charge on any atom is 0.261 e. The van der Waals surface area contributed by atoms with Crippen molar-refractivity contribution >= 4 is 16.6 Å². The molecule has 0 aliphatic heterocycles. The summed E-state index contributed by atoms with van der Waals surface area (Å²) in [6.45, 7) is 2.64. The van der Waals surface area contributed by atoms with Crippen molar-refractivity contribution in [2.45, 2.75) is 26.3 Å². The maximum atomic E-state index is 13.2. The molecule has 5 aromatic rings. The monoisotopic (exact) mass is 424 g/mol. The van der Waals surface area contributed by atoms with Crippen LogP contribution in [-0.2, 0) is 19.4 Å². The van der Waals surface area contributed by atoms with Crippen LogP contribution in [0.2, 0.25) is 0 Å². The van der Waals surface area contributed by atoms with Gasteiger partial charge in [-0.25, -0.2) is 9.50 Å². The SMILES string of the molecule is CCc1nn2c(ncc3c(=O)n(CCc4ccccc4OC)ccc32)c1-c1ccccc1. The van der Waals surface area contributed by atoms with E-state index < -0.39 is 0 Å². The van der Waals surface area contributed by atoms with Crippen molar-refractivity contribution < 1.29 is 4.74 Å². The van der Waals surface area contributed by atoms with Gasteiger partial charge in [-0.15, -0.1) is 0 Å². The first-order valence-corrected chi connectivity index (χ1v) is 10.8. The Morgan fingerprint density at radius 2 is 1.78 bits per heavy atom. The van der Waals surface area contributed by atoms with E-state index in [4.69, 9.17) is 9.84 Å². The minimum atomic E-state index is -0.0680. The summed E-state index contributed by atoms with van der Waals surface area (Å²) in [5.74, 6) is 0.835. The highest BCUT2D eigenvalue weighted by atomic mass is 16.5. The van der Waals surface area contributed by atoms with Crippen LogP contribution in [0.1, 0.15) is 18.2 Å². The van der Waals surface area contributed by atoms with E-state index in [1.807, 2.05) is 59.2 Å². The lowest BCUT2D eigenvalue weighted by Crippen LogP contribution is -2.21. The molecule has 0 radical (unpaired) electrons. The maximum absolute atomic E-state index is 13.2. The second-order valence-corrected chi connectivity index (χ2v) is 7.71. The van der Waals surface area contributed by atoms with Crippen LogP contribution in [0.3, 0.4) is 0 Å². The molecule has 5 rings (SSSR count). The number of fused-ring (bicyclic) bond motifs is 3. The summed E-state index contributed by atoms with van der Waals surface area (Å²) in [7, 11) is 1.66. The Balaban J connectivity index is 1.58. The van der Waals surface area contributed by atoms with E-state index in [-0.39, 0.29) is 5.56 Å². The molecule has 0 saturated heterocycles. The molecule has 0 bridgehead atoms. The lowest BCUT2D eigenvalue weighted by Gasteiger charge is -2.10. The Bertz CT molecular complexity index is 1470. The second kappa shape index (κ2) is 8.30. The number of para-hydroxylation sites is 1. The topological polar surface area (TPSA) is 61.4 Å². The molecule has 3 aromatic heterocycles. The van der Waals surface area contributed by atoms with E-state index in [1.165, 1.54) is 0 Å².